The van der Waals surface area contributed by atoms with Gasteiger partial charge in [0.15, 0.2) is 0 Å². The number of carbonyl (C=O) groups is 1. The van der Waals surface area contributed by atoms with Gasteiger partial charge in [-0.3, -0.25) is 9.10 Å². The number of rotatable bonds is 4. The zero-order valence-electron chi connectivity index (χ0n) is 17.4. The number of sulfonamides is 1. The summed E-state index contributed by atoms with van der Waals surface area (Å²) in [6.07, 6.45) is 1.65. The third-order valence-electron chi connectivity index (χ3n) is 5.78. The maximum Gasteiger partial charge on any atom is 0.264 e. The standard InChI is InChI=1S/C26H22N2O3S/c29-26(27-23-14-11-19-6-1-2-8-22(19)18-23)21-12-15-24(16-13-21)32(30,31)28-17-5-9-20-7-3-4-10-25(20)28/h1-4,6-8,10-16,18H,5,9,17H2,(H,27,29). The number of hydrogen-bond donors (Lipinski definition) is 1. The summed E-state index contributed by atoms with van der Waals surface area (Å²) in [5.41, 5.74) is 2.86. The van der Waals surface area contributed by atoms with Gasteiger partial charge in [-0.1, -0.05) is 48.5 Å². The topological polar surface area (TPSA) is 66.5 Å². The Morgan fingerprint density at radius 1 is 0.812 bits per heavy atom. The van der Waals surface area contributed by atoms with Crippen LogP contribution >= 0.6 is 0 Å². The minimum Gasteiger partial charge on any atom is -0.322 e. The van der Waals surface area contributed by atoms with E-state index >= 15 is 0 Å². The number of carbonyl (C=O) groups excluding carboxylic acids is 1. The van der Waals surface area contributed by atoms with Gasteiger partial charge in [-0.2, -0.15) is 0 Å². The number of nitrogens with one attached hydrogen (secondary N) is 1. The van der Waals surface area contributed by atoms with Crippen LogP contribution in [0.5, 0.6) is 0 Å². The molecular weight excluding hydrogens is 420 g/mol. The number of nitrogens with zero attached hydrogens (tertiary/aromatic N) is 1. The molecular formula is C26H22N2O3S. The minimum atomic E-state index is -3.70. The molecule has 0 saturated heterocycles. The maximum atomic E-state index is 13.3. The van der Waals surface area contributed by atoms with E-state index in [-0.39, 0.29) is 10.8 Å². The zero-order valence-corrected chi connectivity index (χ0v) is 18.2. The first-order valence-electron chi connectivity index (χ1n) is 10.5. The number of benzene rings is 4. The van der Waals surface area contributed by atoms with Crippen molar-refractivity contribution in [3.63, 3.8) is 0 Å². The van der Waals surface area contributed by atoms with Crippen LogP contribution in [0, 0.1) is 0 Å². The van der Waals surface area contributed by atoms with Gasteiger partial charge in [-0.15, -0.1) is 0 Å². The van der Waals surface area contributed by atoms with Gasteiger partial charge >= 0.3 is 0 Å². The average molecular weight is 443 g/mol. The smallest absolute Gasteiger partial charge is 0.264 e. The van der Waals surface area contributed by atoms with Crippen molar-refractivity contribution in [2.24, 2.45) is 0 Å². The fourth-order valence-electron chi connectivity index (χ4n) is 4.12. The first kappa shape index (κ1) is 20.3. The molecule has 0 saturated carbocycles. The van der Waals surface area contributed by atoms with Crippen molar-refractivity contribution in [3.8, 4) is 0 Å². The lowest BCUT2D eigenvalue weighted by Gasteiger charge is -2.30. The largest absolute Gasteiger partial charge is 0.322 e. The molecule has 1 amide bonds. The molecule has 4 aromatic rings. The van der Waals surface area contributed by atoms with E-state index in [1.54, 1.807) is 12.1 Å². The van der Waals surface area contributed by atoms with Crippen molar-refractivity contribution in [2.45, 2.75) is 17.7 Å². The fraction of sp³-hybridized carbons (Fsp3) is 0.115. The molecule has 4 aromatic carbocycles. The molecule has 0 spiro atoms. The highest BCUT2D eigenvalue weighted by Crippen LogP contribution is 2.31. The molecule has 1 aliphatic rings. The quantitative estimate of drug-likeness (QED) is 0.470. The summed E-state index contributed by atoms with van der Waals surface area (Å²) in [6, 6.07) is 27.4. The van der Waals surface area contributed by atoms with Crippen molar-refractivity contribution in [1.29, 1.82) is 0 Å². The predicted octanol–water partition coefficient (Wildman–Crippen LogP) is 5.23. The van der Waals surface area contributed by atoms with E-state index in [9.17, 15) is 13.2 Å². The molecule has 1 N–H and O–H groups in total. The van der Waals surface area contributed by atoms with Gasteiger partial charge in [0.25, 0.3) is 15.9 Å². The highest BCUT2D eigenvalue weighted by atomic mass is 32.2. The average Bonchev–Trinajstić information content (AvgIpc) is 2.83. The monoisotopic (exact) mass is 442 g/mol. The Hall–Kier alpha value is -3.64. The Bertz CT molecular complexity index is 1410. The summed E-state index contributed by atoms with van der Waals surface area (Å²) < 4.78 is 28.0. The Kier molecular flexibility index (Phi) is 5.15. The molecule has 1 aliphatic heterocycles. The van der Waals surface area contributed by atoms with E-state index < -0.39 is 10.0 Å². The van der Waals surface area contributed by atoms with E-state index in [2.05, 4.69) is 5.32 Å². The normalized spacial score (nSPS) is 13.6. The Balaban J connectivity index is 1.37. The van der Waals surface area contributed by atoms with Gasteiger partial charge in [0.1, 0.15) is 0 Å². The van der Waals surface area contributed by atoms with Crippen molar-refractivity contribution >= 4 is 38.1 Å². The summed E-state index contributed by atoms with van der Waals surface area (Å²) in [7, 11) is -3.70. The predicted molar refractivity (Wildman–Crippen MR) is 128 cm³/mol. The highest BCUT2D eigenvalue weighted by molar-refractivity contribution is 7.92. The van der Waals surface area contributed by atoms with Crippen LogP contribution in [0.4, 0.5) is 11.4 Å². The van der Waals surface area contributed by atoms with Gasteiger partial charge in [-0.05, 0) is 71.6 Å². The van der Waals surface area contributed by atoms with E-state index in [0.29, 0.717) is 17.8 Å². The van der Waals surface area contributed by atoms with Crippen molar-refractivity contribution < 1.29 is 13.2 Å². The molecule has 0 aromatic heterocycles. The van der Waals surface area contributed by atoms with Crippen molar-refractivity contribution in [2.75, 3.05) is 16.2 Å². The van der Waals surface area contributed by atoms with E-state index in [0.717, 1.165) is 34.9 Å². The van der Waals surface area contributed by atoms with E-state index in [1.165, 1.54) is 16.4 Å². The molecule has 0 atom stereocenters. The number of amides is 1. The number of para-hydroxylation sites is 1. The van der Waals surface area contributed by atoms with Crippen molar-refractivity contribution in [1.82, 2.24) is 0 Å². The van der Waals surface area contributed by atoms with Crippen LogP contribution in [-0.2, 0) is 16.4 Å². The SMILES string of the molecule is O=C(Nc1ccc2ccccc2c1)c1ccc(S(=O)(=O)N2CCCc3ccccc32)cc1. The second-order valence-corrected chi connectivity index (χ2v) is 9.71. The van der Waals surface area contributed by atoms with Crippen LogP contribution in [0.25, 0.3) is 10.8 Å². The summed E-state index contributed by atoms with van der Waals surface area (Å²) in [5.74, 6) is -0.285. The lowest BCUT2D eigenvalue weighted by molar-refractivity contribution is 0.102. The van der Waals surface area contributed by atoms with Crippen LogP contribution < -0.4 is 9.62 Å². The molecule has 0 fully saturated rings. The third-order valence-corrected chi connectivity index (χ3v) is 7.61. The lowest BCUT2D eigenvalue weighted by Crippen LogP contribution is -2.35. The number of hydrogen-bond acceptors (Lipinski definition) is 3. The molecule has 0 aliphatic carbocycles. The first-order valence-corrected chi connectivity index (χ1v) is 12.0. The van der Waals surface area contributed by atoms with Gasteiger partial charge in [0, 0.05) is 17.8 Å². The third kappa shape index (κ3) is 3.74. The maximum absolute atomic E-state index is 13.3. The molecule has 0 bridgehead atoms. The highest BCUT2D eigenvalue weighted by Gasteiger charge is 2.28. The molecule has 5 rings (SSSR count). The van der Waals surface area contributed by atoms with E-state index in [4.69, 9.17) is 0 Å². The summed E-state index contributed by atoms with van der Waals surface area (Å²) in [6.45, 7) is 0.448. The summed E-state index contributed by atoms with van der Waals surface area (Å²) >= 11 is 0. The van der Waals surface area contributed by atoms with Crippen LogP contribution in [-0.4, -0.2) is 20.9 Å². The molecule has 5 nitrogen and oxygen atoms in total. The molecule has 0 unspecified atom stereocenters. The van der Waals surface area contributed by atoms with Gasteiger partial charge in [0.2, 0.25) is 0 Å². The second-order valence-electron chi connectivity index (χ2n) is 7.85. The van der Waals surface area contributed by atoms with Gasteiger partial charge in [-0.25, -0.2) is 8.42 Å². The van der Waals surface area contributed by atoms with Crippen LogP contribution in [0.1, 0.15) is 22.3 Å². The van der Waals surface area contributed by atoms with Crippen LogP contribution in [0.2, 0.25) is 0 Å². The minimum absolute atomic E-state index is 0.177. The van der Waals surface area contributed by atoms with Crippen molar-refractivity contribution in [3.05, 3.63) is 102 Å². The molecule has 32 heavy (non-hydrogen) atoms. The summed E-state index contributed by atoms with van der Waals surface area (Å²) in [5, 5.41) is 5.02. The Morgan fingerprint density at radius 2 is 1.53 bits per heavy atom. The summed E-state index contributed by atoms with van der Waals surface area (Å²) in [4.78, 5) is 12.9. The number of fused-ring (bicyclic) bond motifs is 2. The van der Waals surface area contributed by atoms with Gasteiger partial charge in [0.05, 0.1) is 10.6 Å². The molecule has 0 radical (unpaired) electrons. The Labute approximate surface area is 187 Å². The van der Waals surface area contributed by atoms with Crippen LogP contribution in [0.15, 0.2) is 95.9 Å². The van der Waals surface area contributed by atoms with Crippen LogP contribution in [0.3, 0.4) is 0 Å². The lowest BCUT2D eigenvalue weighted by atomic mass is 10.0. The zero-order chi connectivity index (χ0) is 22.1. The molecule has 6 heteroatoms. The van der Waals surface area contributed by atoms with Gasteiger partial charge < -0.3 is 5.32 Å². The second kappa shape index (κ2) is 8.13. The molecule has 1 heterocycles. The fourth-order valence-corrected chi connectivity index (χ4v) is 5.67. The van der Waals surface area contributed by atoms with E-state index in [1.807, 2.05) is 66.7 Å². The first-order chi connectivity index (χ1) is 15.5. The molecule has 160 valence electrons. The number of aryl methyl sites for hydroxylation is 1. The Morgan fingerprint density at radius 3 is 2.34 bits per heavy atom. The number of anilines is 2.